The number of benzene rings is 1. The zero-order valence-electron chi connectivity index (χ0n) is 11.2. The quantitative estimate of drug-likeness (QED) is 0.840. The number of hydrogen-bond donors (Lipinski definition) is 0. The summed E-state index contributed by atoms with van der Waals surface area (Å²) < 4.78 is 49.8. The Labute approximate surface area is 123 Å². The van der Waals surface area contributed by atoms with Crippen molar-refractivity contribution in [1.82, 2.24) is 4.98 Å². The second-order valence-corrected chi connectivity index (χ2v) is 9.17. The third kappa shape index (κ3) is 2.26. The zero-order chi connectivity index (χ0) is 15.3. The van der Waals surface area contributed by atoms with Gasteiger partial charge in [0.1, 0.15) is 5.25 Å². The second-order valence-electron chi connectivity index (χ2n) is 5.04. The molecular weight excluding hydrogens is 310 g/mol. The van der Waals surface area contributed by atoms with Crippen molar-refractivity contribution < 1.29 is 16.8 Å². The molecule has 5 nitrogen and oxygen atoms in total. The lowest BCUT2D eigenvalue weighted by Gasteiger charge is -2.11. The van der Waals surface area contributed by atoms with Gasteiger partial charge in [0.2, 0.25) is 0 Å². The lowest BCUT2D eigenvalue weighted by molar-refractivity contribution is 0.582. The number of sulfone groups is 2. The molecule has 110 valence electrons. The van der Waals surface area contributed by atoms with Gasteiger partial charge in [-0.25, -0.2) is 16.8 Å². The average molecular weight is 323 g/mol. The Kier molecular flexibility index (Phi) is 3.14. The molecule has 1 atom stereocenters. The molecule has 0 spiro atoms. The lowest BCUT2D eigenvalue weighted by atomic mass is 10.1. The Morgan fingerprint density at radius 3 is 2.48 bits per heavy atom. The second kappa shape index (κ2) is 4.64. The van der Waals surface area contributed by atoms with Gasteiger partial charge in [-0.3, -0.25) is 4.98 Å². The molecular formula is C14H13NO4S2. The molecule has 0 amide bonds. The van der Waals surface area contributed by atoms with Crippen LogP contribution in [0.1, 0.15) is 16.4 Å². The third-order valence-electron chi connectivity index (χ3n) is 3.57. The van der Waals surface area contributed by atoms with Crippen LogP contribution in [-0.2, 0) is 19.7 Å². The molecule has 0 saturated heterocycles. The van der Waals surface area contributed by atoms with Gasteiger partial charge in [-0.1, -0.05) is 12.1 Å². The van der Waals surface area contributed by atoms with Gasteiger partial charge in [0, 0.05) is 12.4 Å². The zero-order valence-corrected chi connectivity index (χ0v) is 12.9. The SMILES string of the molecule is Cc1ccc2c(c1)S(=O)(=O)CC2S(=O)(=O)c1ccncc1. The molecule has 0 radical (unpaired) electrons. The van der Waals surface area contributed by atoms with Crippen LogP contribution in [0.2, 0.25) is 0 Å². The highest BCUT2D eigenvalue weighted by Gasteiger charge is 2.42. The molecule has 0 N–H and O–H groups in total. The molecule has 0 saturated carbocycles. The maximum Gasteiger partial charge on any atom is 0.186 e. The van der Waals surface area contributed by atoms with E-state index in [2.05, 4.69) is 4.98 Å². The van der Waals surface area contributed by atoms with E-state index < -0.39 is 30.7 Å². The first-order valence-corrected chi connectivity index (χ1v) is 9.49. The Hall–Kier alpha value is -1.73. The van der Waals surface area contributed by atoms with Crippen molar-refractivity contribution in [2.24, 2.45) is 0 Å². The number of rotatable bonds is 2. The van der Waals surface area contributed by atoms with Crippen molar-refractivity contribution in [3.63, 3.8) is 0 Å². The number of hydrogen-bond acceptors (Lipinski definition) is 5. The van der Waals surface area contributed by atoms with E-state index in [0.717, 1.165) is 5.56 Å². The highest BCUT2D eigenvalue weighted by atomic mass is 32.2. The molecule has 0 aliphatic carbocycles. The van der Waals surface area contributed by atoms with Crippen molar-refractivity contribution in [1.29, 1.82) is 0 Å². The summed E-state index contributed by atoms with van der Waals surface area (Å²) in [7, 11) is -7.32. The monoisotopic (exact) mass is 323 g/mol. The van der Waals surface area contributed by atoms with Crippen molar-refractivity contribution in [2.75, 3.05) is 5.75 Å². The lowest BCUT2D eigenvalue weighted by Crippen LogP contribution is -2.15. The summed E-state index contributed by atoms with van der Waals surface area (Å²) >= 11 is 0. The summed E-state index contributed by atoms with van der Waals surface area (Å²) in [6, 6.07) is 7.63. The molecule has 0 bridgehead atoms. The van der Waals surface area contributed by atoms with Gasteiger partial charge in [0.05, 0.1) is 15.5 Å². The fraction of sp³-hybridized carbons (Fsp3) is 0.214. The van der Waals surface area contributed by atoms with E-state index in [4.69, 9.17) is 0 Å². The summed E-state index contributed by atoms with van der Waals surface area (Å²) in [5.41, 5.74) is 1.15. The molecule has 2 aromatic rings. The highest BCUT2D eigenvalue weighted by molar-refractivity contribution is 7.96. The van der Waals surface area contributed by atoms with Crippen LogP contribution in [0, 0.1) is 6.92 Å². The normalized spacial score (nSPS) is 20.1. The van der Waals surface area contributed by atoms with E-state index in [0.29, 0.717) is 5.56 Å². The summed E-state index contributed by atoms with van der Waals surface area (Å²) in [5, 5.41) is -1.06. The molecule has 1 aliphatic rings. The molecule has 3 rings (SSSR count). The molecule has 1 aromatic heterocycles. The first-order chi connectivity index (χ1) is 9.82. The Bertz CT molecular complexity index is 903. The Balaban J connectivity index is 2.20. The fourth-order valence-electron chi connectivity index (χ4n) is 2.50. The van der Waals surface area contributed by atoms with Crippen molar-refractivity contribution in [2.45, 2.75) is 22.0 Å². The minimum absolute atomic E-state index is 0.0890. The van der Waals surface area contributed by atoms with Crippen LogP contribution in [0.25, 0.3) is 0 Å². The third-order valence-corrected chi connectivity index (χ3v) is 7.68. The molecule has 2 heterocycles. The van der Waals surface area contributed by atoms with Crippen molar-refractivity contribution >= 4 is 19.7 Å². The van der Waals surface area contributed by atoms with Crippen LogP contribution in [0.3, 0.4) is 0 Å². The Morgan fingerprint density at radius 1 is 1.14 bits per heavy atom. The van der Waals surface area contributed by atoms with E-state index in [1.165, 1.54) is 30.6 Å². The predicted octanol–water partition coefficient (Wildman–Crippen LogP) is 1.69. The van der Waals surface area contributed by atoms with E-state index in [9.17, 15) is 16.8 Å². The first-order valence-electron chi connectivity index (χ1n) is 6.29. The summed E-state index contributed by atoms with van der Waals surface area (Å²) in [4.78, 5) is 4.01. The van der Waals surface area contributed by atoms with Crippen LogP contribution in [0.15, 0.2) is 52.5 Å². The largest absolute Gasteiger partial charge is 0.265 e. The standard InChI is InChI=1S/C14H13NO4S2/c1-10-2-3-12-13(8-10)20(16,17)9-14(12)21(18,19)11-4-6-15-7-5-11/h2-8,14H,9H2,1H3. The van der Waals surface area contributed by atoms with Crippen molar-refractivity contribution in [3.05, 3.63) is 53.9 Å². The first kappa shape index (κ1) is 14.2. The van der Waals surface area contributed by atoms with Gasteiger partial charge < -0.3 is 0 Å². The minimum Gasteiger partial charge on any atom is -0.265 e. The topological polar surface area (TPSA) is 81.2 Å². The van der Waals surface area contributed by atoms with E-state index >= 15 is 0 Å². The van der Waals surface area contributed by atoms with E-state index in [1.807, 2.05) is 0 Å². The predicted molar refractivity (Wildman–Crippen MR) is 77.4 cm³/mol. The minimum atomic E-state index is -3.76. The van der Waals surface area contributed by atoms with Crippen LogP contribution in [0.4, 0.5) is 0 Å². The maximum atomic E-state index is 12.7. The number of nitrogens with zero attached hydrogens (tertiary/aromatic N) is 1. The van der Waals surface area contributed by atoms with Crippen LogP contribution in [0.5, 0.6) is 0 Å². The van der Waals surface area contributed by atoms with Gasteiger partial charge in [-0.15, -0.1) is 0 Å². The van der Waals surface area contributed by atoms with Crippen LogP contribution >= 0.6 is 0 Å². The number of aromatic nitrogens is 1. The summed E-state index contributed by atoms with van der Waals surface area (Å²) in [6.45, 7) is 1.78. The number of aryl methyl sites for hydroxylation is 1. The van der Waals surface area contributed by atoms with Crippen molar-refractivity contribution in [3.8, 4) is 0 Å². The highest BCUT2D eigenvalue weighted by Crippen LogP contribution is 2.41. The maximum absolute atomic E-state index is 12.7. The molecule has 1 aliphatic heterocycles. The molecule has 7 heteroatoms. The average Bonchev–Trinajstić information content (AvgIpc) is 2.72. The van der Waals surface area contributed by atoms with Crippen LogP contribution < -0.4 is 0 Å². The molecule has 21 heavy (non-hydrogen) atoms. The molecule has 1 aromatic carbocycles. The number of pyridine rings is 1. The van der Waals surface area contributed by atoms with Gasteiger partial charge in [0.25, 0.3) is 0 Å². The molecule has 1 unspecified atom stereocenters. The number of fused-ring (bicyclic) bond motifs is 1. The smallest absolute Gasteiger partial charge is 0.186 e. The van der Waals surface area contributed by atoms with Gasteiger partial charge >= 0.3 is 0 Å². The summed E-state index contributed by atoms with van der Waals surface area (Å²) in [5.74, 6) is -0.406. The van der Waals surface area contributed by atoms with Gasteiger partial charge in [0.15, 0.2) is 19.7 Å². The summed E-state index contributed by atoms with van der Waals surface area (Å²) in [6.07, 6.45) is 2.76. The fourth-order valence-corrected chi connectivity index (χ4v) is 6.90. The van der Waals surface area contributed by atoms with Gasteiger partial charge in [-0.2, -0.15) is 0 Å². The van der Waals surface area contributed by atoms with E-state index in [-0.39, 0.29) is 9.79 Å². The molecule has 0 fully saturated rings. The Morgan fingerprint density at radius 2 is 1.81 bits per heavy atom. The van der Waals surface area contributed by atoms with Crippen LogP contribution in [-0.4, -0.2) is 27.6 Å². The van der Waals surface area contributed by atoms with E-state index in [1.54, 1.807) is 19.1 Å². The van der Waals surface area contributed by atoms with Gasteiger partial charge in [-0.05, 0) is 36.2 Å².